The molecular weight excluding hydrogens is 262 g/mol. The van der Waals surface area contributed by atoms with Crippen LogP contribution in [0.15, 0.2) is 0 Å². The van der Waals surface area contributed by atoms with Crippen molar-refractivity contribution in [2.75, 3.05) is 0 Å². The van der Waals surface area contributed by atoms with Crippen molar-refractivity contribution in [3.8, 4) is 6.07 Å². The fourth-order valence-corrected chi connectivity index (χ4v) is 3.06. The fraction of sp³-hybridized carbons (Fsp3) is 0.786. The monoisotopic (exact) mass is 279 g/mol. The van der Waals surface area contributed by atoms with Gasteiger partial charge in [-0.05, 0) is 26.7 Å². The van der Waals surface area contributed by atoms with E-state index in [2.05, 4.69) is 0 Å². The van der Waals surface area contributed by atoms with Crippen LogP contribution in [0.4, 0.5) is 0 Å². The summed E-state index contributed by atoms with van der Waals surface area (Å²) < 4.78 is 16.4. The molecule has 5 atom stereocenters. The highest BCUT2D eigenvalue weighted by Crippen LogP contribution is 2.54. The van der Waals surface area contributed by atoms with Crippen LogP contribution in [0, 0.1) is 22.7 Å². The summed E-state index contributed by atoms with van der Waals surface area (Å²) in [4.78, 5) is 24.0. The molecule has 0 aliphatic carbocycles. The number of nitrogens with zero attached hydrogens (tertiary/aromatic N) is 1. The highest BCUT2D eigenvalue weighted by molar-refractivity contribution is 5.80. The van der Waals surface area contributed by atoms with Crippen LogP contribution in [0.3, 0.4) is 0 Å². The molecule has 6 nitrogen and oxygen atoms in total. The molecule has 0 radical (unpaired) electrons. The lowest BCUT2D eigenvalue weighted by Gasteiger charge is -2.31. The molecule has 108 valence electrons. The first-order valence-corrected chi connectivity index (χ1v) is 6.86. The average molecular weight is 279 g/mol. The second-order valence-corrected chi connectivity index (χ2v) is 6.33. The van der Waals surface area contributed by atoms with Crippen LogP contribution in [-0.4, -0.2) is 35.9 Å². The molecule has 0 aromatic heterocycles. The summed E-state index contributed by atoms with van der Waals surface area (Å²) in [5, 5.41) is 9.43. The van der Waals surface area contributed by atoms with Gasteiger partial charge in [0.05, 0.1) is 11.3 Å². The van der Waals surface area contributed by atoms with E-state index in [4.69, 9.17) is 14.2 Å². The average Bonchev–Trinajstić information content (AvgIpc) is 3.01. The van der Waals surface area contributed by atoms with E-state index in [1.54, 1.807) is 13.8 Å². The Balaban J connectivity index is 1.87. The molecule has 0 saturated carbocycles. The van der Waals surface area contributed by atoms with E-state index in [9.17, 15) is 14.9 Å². The van der Waals surface area contributed by atoms with Crippen molar-refractivity contribution in [2.45, 2.75) is 57.5 Å². The quantitative estimate of drug-likeness (QED) is 0.715. The maximum Gasteiger partial charge on any atom is 0.313 e. The smallest absolute Gasteiger partial charge is 0.313 e. The largest absolute Gasteiger partial charge is 0.454 e. The van der Waals surface area contributed by atoms with Gasteiger partial charge >= 0.3 is 11.9 Å². The third kappa shape index (κ3) is 1.47. The molecule has 3 rings (SSSR count). The maximum atomic E-state index is 12.2. The number of fused-ring (bicyclic) bond motifs is 1. The van der Waals surface area contributed by atoms with Crippen molar-refractivity contribution in [1.29, 1.82) is 5.26 Å². The normalized spacial score (nSPS) is 41.4. The zero-order chi connectivity index (χ0) is 14.7. The molecule has 20 heavy (non-hydrogen) atoms. The number of nitriles is 1. The van der Waals surface area contributed by atoms with Crippen LogP contribution in [0.25, 0.3) is 0 Å². The number of ether oxygens (including phenoxy) is 3. The summed E-state index contributed by atoms with van der Waals surface area (Å²) in [6.07, 6.45) is -0.772. The van der Waals surface area contributed by atoms with Crippen molar-refractivity contribution in [2.24, 2.45) is 11.3 Å². The minimum atomic E-state index is -1.45. The number of hydrogen-bond acceptors (Lipinski definition) is 6. The summed E-state index contributed by atoms with van der Waals surface area (Å²) in [6, 6.07) is 2.01. The molecule has 2 bridgehead atoms. The van der Waals surface area contributed by atoms with E-state index in [0.29, 0.717) is 12.8 Å². The Morgan fingerprint density at radius 2 is 2.30 bits per heavy atom. The van der Waals surface area contributed by atoms with E-state index in [1.807, 2.05) is 13.0 Å². The molecule has 0 aromatic rings. The first kappa shape index (κ1) is 13.4. The van der Waals surface area contributed by atoms with Gasteiger partial charge in [0, 0.05) is 0 Å². The van der Waals surface area contributed by atoms with Gasteiger partial charge in [0.25, 0.3) is 5.60 Å². The zero-order valence-corrected chi connectivity index (χ0v) is 11.7. The Morgan fingerprint density at radius 3 is 2.90 bits per heavy atom. The molecule has 0 aromatic carbocycles. The van der Waals surface area contributed by atoms with Gasteiger partial charge in [-0.3, -0.25) is 9.59 Å². The van der Waals surface area contributed by atoms with Crippen LogP contribution < -0.4 is 0 Å². The van der Waals surface area contributed by atoms with Crippen molar-refractivity contribution >= 4 is 11.9 Å². The van der Waals surface area contributed by atoms with Crippen LogP contribution in [0.2, 0.25) is 0 Å². The van der Waals surface area contributed by atoms with Crippen molar-refractivity contribution < 1.29 is 23.8 Å². The molecule has 0 spiro atoms. The van der Waals surface area contributed by atoms with Gasteiger partial charge in [0.1, 0.15) is 18.3 Å². The van der Waals surface area contributed by atoms with Gasteiger partial charge in [-0.25, -0.2) is 0 Å². The summed E-state index contributed by atoms with van der Waals surface area (Å²) in [6.45, 7) is 5.46. The van der Waals surface area contributed by atoms with Crippen molar-refractivity contribution in [3.05, 3.63) is 0 Å². The Bertz CT molecular complexity index is 522. The lowest BCUT2D eigenvalue weighted by Crippen LogP contribution is -2.52. The minimum absolute atomic E-state index is 0.393. The Labute approximate surface area is 117 Å². The second-order valence-electron chi connectivity index (χ2n) is 6.33. The van der Waals surface area contributed by atoms with Crippen LogP contribution in [0.1, 0.15) is 33.6 Å². The highest BCUT2D eigenvalue weighted by Gasteiger charge is 2.75. The van der Waals surface area contributed by atoms with E-state index >= 15 is 0 Å². The number of esters is 2. The topological polar surface area (TPSA) is 85.6 Å². The minimum Gasteiger partial charge on any atom is -0.454 e. The molecule has 0 amide bonds. The van der Waals surface area contributed by atoms with E-state index in [1.165, 1.54) is 0 Å². The summed E-state index contributed by atoms with van der Waals surface area (Å²) in [7, 11) is 0. The molecule has 3 aliphatic heterocycles. The highest BCUT2D eigenvalue weighted by atomic mass is 16.7. The zero-order valence-electron chi connectivity index (χ0n) is 11.7. The summed E-state index contributed by atoms with van der Waals surface area (Å²) in [5.74, 6) is -1.21. The number of rotatable bonds is 3. The predicted molar refractivity (Wildman–Crippen MR) is 65.2 cm³/mol. The lowest BCUT2D eigenvalue weighted by atomic mass is 9.79. The third-order valence-corrected chi connectivity index (χ3v) is 4.77. The standard InChI is InChI=1S/C14H17NO5/c1-4-13(2,3)12(17)19-10-8-5-7-9(18-8)14(10,6-15)20-11(7)16/h7-10H,4-5H2,1-3H3. The third-order valence-electron chi connectivity index (χ3n) is 4.77. The van der Waals surface area contributed by atoms with Gasteiger partial charge < -0.3 is 14.2 Å². The van der Waals surface area contributed by atoms with E-state index in [0.717, 1.165) is 0 Å². The van der Waals surface area contributed by atoms with Crippen LogP contribution in [-0.2, 0) is 23.8 Å². The van der Waals surface area contributed by atoms with Gasteiger partial charge in [-0.2, -0.15) is 5.26 Å². The number of hydrogen-bond donors (Lipinski definition) is 0. The molecule has 3 heterocycles. The van der Waals surface area contributed by atoms with Crippen LogP contribution in [0.5, 0.6) is 0 Å². The SMILES string of the molecule is CCC(C)(C)C(=O)OC1C2CC3C(=O)OC1(C#N)C3O2. The van der Waals surface area contributed by atoms with Gasteiger partial charge in [-0.15, -0.1) is 0 Å². The Hall–Kier alpha value is -1.61. The number of carbonyl (C=O) groups excluding carboxylic acids is 2. The molecule has 3 fully saturated rings. The molecule has 3 saturated heterocycles. The van der Waals surface area contributed by atoms with Crippen molar-refractivity contribution in [1.82, 2.24) is 0 Å². The molecule has 0 N–H and O–H groups in total. The van der Waals surface area contributed by atoms with Crippen LogP contribution >= 0.6 is 0 Å². The van der Waals surface area contributed by atoms with E-state index in [-0.39, 0.29) is 0 Å². The van der Waals surface area contributed by atoms with E-state index < -0.39 is 47.2 Å². The lowest BCUT2D eigenvalue weighted by molar-refractivity contribution is -0.174. The second kappa shape index (κ2) is 3.95. The first-order valence-electron chi connectivity index (χ1n) is 6.86. The molecule has 3 aliphatic rings. The molecule has 6 heteroatoms. The maximum absolute atomic E-state index is 12.2. The van der Waals surface area contributed by atoms with Crippen molar-refractivity contribution in [3.63, 3.8) is 0 Å². The predicted octanol–water partition coefficient (Wildman–Crippen LogP) is 0.941. The van der Waals surface area contributed by atoms with Gasteiger partial charge in [0.2, 0.25) is 0 Å². The molecule has 5 unspecified atom stereocenters. The number of carbonyl (C=O) groups is 2. The van der Waals surface area contributed by atoms with Gasteiger partial charge in [-0.1, -0.05) is 6.92 Å². The molecular formula is C14H17NO5. The first-order chi connectivity index (χ1) is 9.35. The summed E-state index contributed by atoms with van der Waals surface area (Å²) >= 11 is 0. The Morgan fingerprint density at radius 1 is 1.60 bits per heavy atom. The summed E-state index contributed by atoms with van der Waals surface area (Å²) in [5.41, 5.74) is -2.09. The fourth-order valence-electron chi connectivity index (χ4n) is 3.06. The van der Waals surface area contributed by atoms with Gasteiger partial charge in [0.15, 0.2) is 6.10 Å². The Kier molecular flexibility index (Phi) is 2.64.